The quantitative estimate of drug-likeness (QED) is 0.515. The molecule has 33 heavy (non-hydrogen) atoms. The summed E-state index contributed by atoms with van der Waals surface area (Å²) in [4.78, 5) is 67.1. The third kappa shape index (κ3) is 4.24. The summed E-state index contributed by atoms with van der Waals surface area (Å²) in [6.07, 6.45) is 2.97. The van der Waals surface area contributed by atoms with Gasteiger partial charge in [-0.2, -0.15) is 0 Å². The number of carbonyl (C=O) groups is 3. The molecule has 4 rings (SSSR count). The van der Waals surface area contributed by atoms with Crippen molar-refractivity contribution in [1.82, 2.24) is 28.9 Å². The van der Waals surface area contributed by atoms with Crippen LogP contribution in [0.15, 0.2) is 51.2 Å². The van der Waals surface area contributed by atoms with Gasteiger partial charge in [-0.3, -0.25) is 33.2 Å². The van der Waals surface area contributed by atoms with E-state index in [0.717, 1.165) is 26.8 Å². The topological polar surface area (TPSA) is 128 Å². The van der Waals surface area contributed by atoms with Gasteiger partial charge in [0.25, 0.3) is 16.7 Å². The van der Waals surface area contributed by atoms with Crippen LogP contribution in [0.1, 0.15) is 5.56 Å². The summed E-state index contributed by atoms with van der Waals surface area (Å²) in [5.74, 6) is -0.842. The highest BCUT2D eigenvalue weighted by Gasteiger charge is 2.34. The van der Waals surface area contributed by atoms with E-state index < -0.39 is 28.3 Å². The average Bonchev–Trinajstić information content (AvgIpc) is 3.33. The van der Waals surface area contributed by atoms with Gasteiger partial charge < -0.3 is 9.88 Å². The Hall–Kier alpha value is -3.93. The van der Waals surface area contributed by atoms with Crippen molar-refractivity contribution in [2.75, 3.05) is 13.1 Å². The fraction of sp³-hybridized carbons (Fsp3) is 0.238. The number of thioether (sulfide) groups is 1. The van der Waals surface area contributed by atoms with Crippen molar-refractivity contribution in [2.24, 2.45) is 14.1 Å². The van der Waals surface area contributed by atoms with Gasteiger partial charge in [-0.25, -0.2) is 9.78 Å². The molecule has 0 atom stereocenters. The highest BCUT2D eigenvalue weighted by Crippen LogP contribution is 2.31. The van der Waals surface area contributed by atoms with Crippen LogP contribution in [-0.2, 0) is 30.2 Å². The molecule has 11 nitrogen and oxygen atoms in total. The smallest absolute Gasteiger partial charge is 0.332 e. The summed E-state index contributed by atoms with van der Waals surface area (Å²) < 4.78 is 3.53. The number of carbonyl (C=O) groups excluding carboxylic acids is 3. The minimum absolute atomic E-state index is 0.0173. The summed E-state index contributed by atoms with van der Waals surface area (Å²) in [7, 11) is 2.84. The number of benzene rings is 1. The third-order valence-electron chi connectivity index (χ3n) is 5.16. The lowest BCUT2D eigenvalue weighted by atomic mass is 10.2. The van der Waals surface area contributed by atoms with E-state index in [9.17, 15) is 24.0 Å². The van der Waals surface area contributed by atoms with Gasteiger partial charge in [-0.05, 0) is 23.4 Å². The zero-order chi connectivity index (χ0) is 23.7. The van der Waals surface area contributed by atoms with Crippen LogP contribution < -0.4 is 16.6 Å². The first kappa shape index (κ1) is 22.3. The van der Waals surface area contributed by atoms with E-state index in [1.807, 2.05) is 30.3 Å². The van der Waals surface area contributed by atoms with E-state index in [0.29, 0.717) is 4.91 Å². The van der Waals surface area contributed by atoms with Gasteiger partial charge in [0.2, 0.25) is 5.91 Å². The number of nitrogens with zero attached hydrogens (tertiary/aromatic N) is 5. The Morgan fingerprint density at radius 2 is 1.82 bits per heavy atom. The normalized spacial score (nSPS) is 15.1. The van der Waals surface area contributed by atoms with Gasteiger partial charge >= 0.3 is 5.69 Å². The monoisotopic (exact) mass is 468 g/mol. The SMILES string of the molecule is Cn1c(=O)c2c(ncn2CC(=O)NCCN2C(=O)S/C(=C\c3ccccc3)C2=O)n(C)c1=O. The van der Waals surface area contributed by atoms with Gasteiger partial charge in [-0.15, -0.1) is 0 Å². The number of aryl methyl sites for hydroxylation is 1. The molecule has 1 saturated heterocycles. The van der Waals surface area contributed by atoms with E-state index in [1.54, 1.807) is 6.08 Å². The van der Waals surface area contributed by atoms with E-state index in [1.165, 1.54) is 29.6 Å². The standard InChI is InChI=1S/C21H20N6O5S/c1-24-17-16(19(30)25(2)20(24)31)26(12-23-17)11-15(28)22-8-9-27-18(29)14(33-21(27)32)10-13-6-4-3-5-7-13/h3-7,10,12H,8-9,11H2,1-2H3,(H,22,28)/b14-10-. The number of hydrogen-bond acceptors (Lipinski definition) is 7. The van der Waals surface area contributed by atoms with E-state index in [2.05, 4.69) is 10.3 Å². The first-order valence-electron chi connectivity index (χ1n) is 9.96. The lowest BCUT2D eigenvalue weighted by Gasteiger charge is -2.13. The van der Waals surface area contributed by atoms with Crippen LogP contribution in [-0.4, -0.2) is 53.7 Å². The second kappa shape index (κ2) is 8.90. The summed E-state index contributed by atoms with van der Waals surface area (Å²) in [5.41, 5.74) is 0.0558. The molecule has 3 amide bonds. The van der Waals surface area contributed by atoms with Crippen molar-refractivity contribution >= 4 is 46.1 Å². The van der Waals surface area contributed by atoms with Crippen LogP contribution >= 0.6 is 11.8 Å². The number of hydrogen-bond donors (Lipinski definition) is 1. The second-order valence-corrected chi connectivity index (χ2v) is 8.34. The molecule has 1 aliphatic heterocycles. The molecule has 1 aliphatic rings. The lowest BCUT2D eigenvalue weighted by Crippen LogP contribution is -2.39. The maximum atomic E-state index is 12.6. The minimum atomic E-state index is -0.554. The van der Waals surface area contributed by atoms with Gasteiger partial charge in [0.1, 0.15) is 6.54 Å². The Morgan fingerprint density at radius 1 is 1.09 bits per heavy atom. The van der Waals surface area contributed by atoms with Crippen molar-refractivity contribution in [1.29, 1.82) is 0 Å². The van der Waals surface area contributed by atoms with Gasteiger partial charge in [0, 0.05) is 27.2 Å². The molecule has 0 spiro atoms. The van der Waals surface area contributed by atoms with Gasteiger partial charge in [-0.1, -0.05) is 30.3 Å². The summed E-state index contributed by atoms with van der Waals surface area (Å²) in [6, 6.07) is 9.20. The maximum Gasteiger partial charge on any atom is 0.332 e. The molecular formula is C21H20N6O5S. The molecule has 0 aliphatic carbocycles. The number of rotatable bonds is 6. The van der Waals surface area contributed by atoms with Gasteiger partial charge in [0.15, 0.2) is 11.2 Å². The van der Waals surface area contributed by atoms with Crippen LogP contribution in [0.4, 0.5) is 4.79 Å². The zero-order valence-electron chi connectivity index (χ0n) is 17.8. The number of imide groups is 1. The molecule has 1 fully saturated rings. The fourth-order valence-corrected chi connectivity index (χ4v) is 4.29. The Labute approximate surface area is 191 Å². The maximum absolute atomic E-state index is 12.6. The lowest BCUT2D eigenvalue weighted by molar-refractivity contribution is -0.124. The number of fused-ring (bicyclic) bond motifs is 1. The van der Waals surface area contributed by atoms with E-state index in [4.69, 9.17) is 0 Å². The summed E-state index contributed by atoms with van der Waals surface area (Å²) >= 11 is 0.855. The molecule has 0 bridgehead atoms. The number of imidazole rings is 1. The van der Waals surface area contributed by atoms with Gasteiger partial charge in [0.05, 0.1) is 11.2 Å². The average molecular weight is 468 g/mol. The molecule has 3 heterocycles. The van der Waals surface area contributed by atoms with Crippen molar-refractivity contribution in [3.8, 4) is 0 Å². The predicted molar refractivity (Wildman–Crippen MR) is 122 cm³/mol. The number of aromatic nitrogens is 4. The molecule has 2 aromatic heterocycles. The Kier molecular flexibility index (Phi) is 6.01. The molecule has 0 unspecified atom stereocenters. The summed E-state index contributed by atoms with van der Waals surface area (Å²) in [6.45, 7) is -0.137. The molecule has 0 saturated carbocycles. The third-order valence-corrected chi connectivity index (χ3v) is 6.07. The zero-order valence-corrected chi connectivity index (χ0v) is 18.7. The van der Waals surface area contributed by atoms with Crippen molar-refractivity contribution in [3.63, 3.8) is 0 Å². The predicted octanol–water partition coefficient (Wildman–Crippen LogP) is 0.286. The number of nitrogens with one attached hydrogen (secondary N) is 1. The van der Waals surface area contributed by atoms with Crippen LogP contribution in [0.2, 0.25) is 0 Å². The van der Waals surface area contributed by atoms with E-state index in [-0.39, 0.29) is 30.8 Å². The molecule has 1 aromatic carbocycles. The Balaban J connectivity index is 1.39. The molecule has 12 heteroatoms. The van der Waals surface area contributed by atoms with Crippen LogP contribution in [0.3, 0.4) is 0 Å². The molecule has 1 N–H and O–H groups in total. The first-order chi connectivity index (χ1) is 15.8. The highest BCUT2D eigenvalue weighted by molar-refractivity contribution is 8.18. The Bertz CT molecular complexity index is 1420. The molecule has 0 radical (unpaired) electrons. The fourth-order valence-electron chi connectivity index (χ4n) is 3.43. The first-order valence-corrected chi connectivity index (χ1v) is 10.8. The molecular weight excluding hydrogens is 448 g/mol. The van der Waals surface area contributed by atoms with Crippen molar-refractivity contribution in [3.05, 3.63) is 68.0 Å². The van der Waals surface area contributed by atoms with Crippen LogP contribution in [0, 0.1) is 0 Å². The molecule has 3 aromatic rings. The van der Waals surface area contributed by atoms with Crippen LogP contribution in [0.5, 0.6) is 0 Å². The minimum Gasteiger partial charge on any atom is -0.353 e. The largest absolute Gasteiger partial charge is 0.353 e. The second-order valence-electron chi connectivity index (χ2n) is 7.34. The number of amides is 3. The van der Waals surface area contributed by atoms with Crippen LogP contribution in [0.25, 0.3) is 17.2 Å². The highest BCUT2D eigenvalue weighted by atomic mass is 32.2. The molecule has 170 valence electrons. The van der Waals surface area contributed by atoms with Crippen molar-refractivity contribution < 1.29 is 14.4 Å². The van der Waals surface area contributed by atoms with E-state index >= 15 is 0 Å². The summed E-state index contributed by atoms with van der Waals surface area (Å²) in [5, 5.41) is 2.24. The van der Waals surface area contributed by atoms with Crippen molar-refractivity contribution in [2.45, 2.75) is 6.54 Å². The Morgan fingerprint density at radius 3 is 2.55 bits per heavy atom.